The van der Waals surface area contributed by atoms with E-state index in [-0.39, 0.29) is 41.1 Å². The van der Waals surface area contributed by atoms with E-state index in [2.05, 4.69) is 86.6 Å². The van der Waals surface area contributed by atoms with E-state index in [1.165, 1.54) is 14.2 Å². The summed E-state index contributed by atoms with van der Waals surface area (Å²) in [6.07, 6.45) is 10.1. The fourth-order valence-corrected chi connectivity index (χ4v) is 9.19. The van der Waals surface area contributed by atoms with Crippen molar-refractivity contribution in [2.45, 2.75) is 96.3 Å². The van der Waals surface area contributed by atoms with Crippen LogP contribution in [-0.2, 0) is 19.1 Å². The van der Waals surface area contributed by atoms with Gasteiger partial charge in [0, 0.05) is 12.1 Å². The molecule has 1 saturated heterocycles. The molecule has 3 aromatic carbocycles. The molecule has 4 atom stereocenters. The first-order valence-corrected chi connectivity index (χ1v) is 21.5. The Morgan fingerprint density at radius 1 is 0.787 bits per heavy atom. The van der Waals surface area contributed by atoms with Gasteiger partial charge in [0.15, 0.2) is 0 Å². The summed E-state index contributed by atoms with van der Waals surface area (Å²) in [7, 11) is 2.59. The summed E-state index contributed by atoms with van der Waals surface area (Å²) < 4.78 is 9.55. The average molecular weight is 829 g/mol. The van der Waals surface area contributed by atoms with Gasteiger partial charge in [0.1, 0.15) is 23.7 Å². The molecule has 3 fully saturated rings. The molecule has 5 N–H and O–H groups in total. The predicted molar refractivity (Wildman–Crippen MR) is 232 cm³/mol. The molecule has 1 aliphatic heterocycles. The largest absolute Gasteiger partial charge is 0.453 e. The summed E-state index contributed by atoms with van der Waals surface area (Å²) in [4.78, 5) is 69.7. The third kappa shape index (κ3) is 8.85. The number of carbonyl (C=O) groups is 4. The van der Waals surface area contributed by atoms with Crippen molar-refractivity contribution < 1.29 is 28.7 Å². The first kappa shape index (κ1) is 41.5. The molecule has 0 bridgehead atoms. The average Bonchev–Trinajstić information content (AvgIpc) is 3.85. The molecule has 8 rings (SSSR count). The number of amides is 4. The first-order valence-electron chi connectivity index (χ1n) is 21.5. The molecule has 4 amide bonds. The highest BCUT2D eigenvalue weighted by atomic mass is 16.5. The van der Waals surface area contributed by atoms with Crippen LogP contribution in [0.15, 0.2) is 73.1 Å². The lowest BCUT2D eigenvalue weighted by Gasteiger charge is -2.30. The Balaban J connectivity index is 0.959. The smallest absolute Gasteiger partial charge is 0.407 e. The number of nitrogens with one attached hydrogen (secondary N) is 5. The molecule has 1 spiro atoms. The molecule has 2 aromatic heterocycles. The second kappa shape index (κ2) is 17.4. The van der Waals surface area contributed by atoms with Crippen LogP contribution in [0.25, 0.3) is 44.4 Å². The summed E-state index contributed by atoms with van der Waals surface area (Å²) in [5.41, 5.74) is 6.03. The van der Waals surface area contributed by atoms with Crippen molar-refractivity contribution in [3.8, 4) is 33.6 Å². The summed E-state index contributed by atoms with van der Waals surface area (Å²) in [5.74, 6) is 1.25. The number of alkyl carbamates (subject to hydrolysis) is 2. The second-order valence-electron chi connectivity index (χ2n) is 17.4. The number of imidazole rings is 2. The fraction of sp³-hybridized carbons (Fsp3) is 0.447. The number of methoxy groups -OCH3 is 2. The van der Waals surface area contributed by atoms with Gasteiger partial charge >= 0.3 is 12.2 Å². The van der Waals surface area contributed by atoms with Crippen LogP contribution in [0.4, 0.5) is 9.59 Å². The zero-order chi connectivity index (χ0) is 42.8. The van der Waals surface area contributed by atoms with Crippen LogP contribution < -0.4 is 16.0 Å². The number of aromatic amines is 2. The van der Waals surface area contributed by atoms with E-state index in [1.807, 2.05) is 38.1 Å². The van der Waals surface area contributed by atoms with Crippen molar-refractivity contribution in [2.24, 2.45) is 17.3 Å². The van der Waals surface area contributed by atoms with Crippen LogP contribution in [0.1, 0.15) is 95.9 Å². The van der Waals surface area contributed by atoms with E-state index in [9.17, 15) is 19.2 Å². The molecule has 61 heavy (non-hydrogen) atoms. The van der Waals surface area contributed by atoms with E-state index in [4.69, 9.17) is 19.4 Å². The topological polar surface area (TPSA) is 183 Å². The maximum atomic E-state index is 13.9. The molecule has 0 radical (unpaired) electrons. The number of carbonyl (C=O) groups excluding carboxylic acids is 4. The first-order chi connectivity index (χ1) is 29.5. The van der Waals surface area contributed by atoms with Crippen LogP contribution >= 0.6 is 0 Å². The lowest BCUT2D eigenvalue weighted by molar-refractivity contribution is -0.135. The molecule has 3 aliphatic rings. The van der Waals surface area contributed by atoms with Gasteiger partial charge in [0.2, 0.25) is 11.8 Å². The van der Waals surface area contributed by atoms with E-state index in [0.717, 1.165) is 95.2 Å². The van der Waals surface area contributed by atoms with E-state index < -0.39 is 24.3 Å². The van der Waals surface area contributed by atoms with Gasteiger partial charge in [-0.1, -0.05) is 82.1 Å². The van der Waals surface area contributed by atoms with Crippen molar-refractivity contribution in [3.05, 3.63) is 84.7 Å². The van der Waals surface area contributed by atoms with Gasteiger partial charge in [-0.3, -0.25) is 9.59 Å². The van der Waals surface area contributed by atoms with Gasteiger partial charge in [0.25, 0.3) is 0 Å². The molecular formula is C47H56N8O6. The van der Waals surface area contributed by atoms with Crippen molar-refractivity contribution >= 4 is 34.8 Å². The van der Waals surface area contributed by atoms with E-state index >= 15 is 0 Å². The van der Waals surface area contributed by atoms with Gasteiger partial charge in [-0.2, -0.15) is 0 Å². The summed E-state index contributed by atoms with van der Waals surface area (Å²) in [5, 5.41) is 10.8. The Hall–Kier alpha value is -6.18. The van der Waals surface area contributed by atoms with Gasteiger partial charge in [-0.15, -0.1) is 0 Å². The second-order valence-corrected chi connectivity index (χ2v) is 17.4. The highest BCUT2D eigenvalue weighted by Gasteiger charge is 2.55. The molecule has 3 heterocycles. The van der Waals surface area contributed by atoms with Gasteiger partial charge in [-0.05, 0) is 95.4 Å². The van der Waals surface area contributed by atoms with Crippen molar-refractivity contribution in [1.29, 1.82) is 0 Å². The summed E-state index contributed by atoms with van der Waals surface area (Å²) in [6, 6.07) is 19.3. The minimum Gasteiger partial charge on any atom is -0.453 e. The molecule has 320 valence electrons. The van der Waals surface area contributed by atoms with Gasteiger partial charge in [0.05, 0.1) is 50.1 Å². The third-order valence-corrected chi connectivity index (χ3v) is 13.0. The Kier molecular flexibility index (Phi) is 11.9. The summed E-state index contributed by atoms with van der Waals surface area (Å²) in [6.45, 7) is 6.36. The van der Waals surface area contributed by atoms with E-state index in [0.29, 0.717) is 18.8 Å². The number of hydrogen-bond acceptors (Lipinski definition) is 8. The fourth-order valence-electron chi connectivity index (χ4n) is 9.19. The quantitative estimate of drug-likeness (QED) is 0.0787. The van der Waals surface area contributed by atoms with Gasteiger partial charge in [-0.25, -0.2) is 19.6 Å². The zero-order valence-electron chi connectivity index (χ0n) is 35.5. The molecule has 2 aliphatic carbocycles. The predicted octanol–water partition coefficient (Wildman–Crippen LogP) is 8.20. The molecule has 0 unspecified atom stereocenters. The van der Waals surface area contributed by atoms with Gasteiger partial charge < -0.3 is 40.3 Å². The number of benzene rings is 3. The molecule has 5 aromatic rings. The maximum absolute atomic E-state index is 13.9. The number of hydrogen-bond donors (Lipinski definition) is 5. The maximum Gasteiger partial charge on any atom is 0.407 e. The third-order valence-electron chi connectivity index (χ3n) is 13.0. The Morgan fingerprint density at radius 2 is 1.39 bits per heavy atom. The van der Waals surface area contributed by atoms with Crippen molar-refractivity contribution in [3.63, 3.8) is 0 Å². The minimum absolute atomic E-state index is 0.105. The molecule has 2 saturated carbocycles. The SMILES string of the molecule is CC[C@H](NC(=O)OC)C(=O)N[C@H](c1ncc(-c2ccc(-c3ccc4cc(-c5cnc([C@@H]6CC7(CC7)CN6C(=O)[C@@H](NC(=O)OC)C(C)C)[nH]5)ccc4c3)cc2)[nH]1)C1CCCC1. The van der Waals surface area contributed by atoms with Crippen LogP contribution in [0, 0.1) is 17.3 Å². The number of nitrogens with zero attached hydrogens (tertiary/aromatic N) is 3. The standard InChI is InChI=1S/C47H56N8O6/c1-6-35(52-45(58)60-4)43(56)53-40(30-9-7-8-10-30)42-49-24-36(51-42)29-13-11-28(12-14-29)31-15-16-33-22-34(18-17-32(33)21-31)37-25-48-41(50-37)38-23-47(19-20-47)26-55(38)44(57)39(27(2)3)54-46(59)61-5/h11-18,21-22,24-25,27,30,35,38-40H,6-10,19-20,23,26H2,1-5H3,(H,48,50)(H,49,51)(H,52,58)(H,53,56)(H,54,59)/t35-,38-,39-,40-/m0/s1. The highest BCUT2D eigenvalue weighted by Crippen LogP contribution is 2.58. The monoisotopic (exact) mass is 828 g/mol. The molecular weight excluding hydrogens is 773 g/mol. The van der Waals surface area contributed by atoms with Crippen LogP contribution in [0.3, 0.4) is 0 Å². The lowest BCUT2D eigenvalue weighted by Crippen LogP contribution is -2.51. The van der Waals surface area contributed by atoms with E-state index in [1.54, 1.807) is 0 Å². The Morgan fingerprint density at radius 3 is 2.05 bits per heavy atom. The zero-order valence-corrected chi connectivity index (χ0v) is 35.5. The van der Waals surface area contributed by atoms with Crippen molar-refractivity contribution in [1.82, 2.24) is 40.8 Å². The highest BCUT2D eigenvalue weighted by molar-refractivity contribution is 5.91. The number of rotatable bonds is 13. The van der Waals surface area contributed by atoms with Crippen LogP contribution in [-0.4, -0.2) is 81.7 Å². The summed E-state index contributed by atoms with van der Waals surface area (Å²) >= 11 is 0. The number of likely N-dealkylation sites (tertiary alicyclic amines) is 1. The number of H-pyrrole nitrogens is 2. The number of fused-ring (bicyclic) bond motifs is 1. The van der Waals surface area contributed by atoms with Crippen LogP contribution in [0.2, 0.25) is 0 Å². The number of ether oxygens (including phenoxy) is 2. The van der Waals surface area contributed by atoms with Crippen molar-refractivity contribution in [2.75, 3.05) is 20.8 Å². The number of aromatic nitrogens is 4. The Labute approximate surface area is 356 Å². The molecule has 14 nitrogen and oxygen atoms in total. The Bertz CT molecular complexity index is 2390. The minimum atomic E-state index is -0.702. The lowest BCUT2D eigenvalue weighted by atomic mass is 9.96. The van der Waals surface area contributed by atoms with Crippen LogP contribution in [0.5, 0.6) is 0 Å². The normalized spacial score (nSPS) is 18.5. The molecule has 14 heteroatoms.